The van der Waals surface area contributed by atoms with E-state index in [4.69, 9.17) is 5.73 Å². The molecule has 0 unspecified atom stereocenters. The Morgan fingerprint density at radius 3 is 2.88 bits per heavy atom. The summed E-state index contributed by atoms with van der Waals surface area (Å²) >= 11 is 1.41. The number of benzene rings is 1. The molecule has 142 valence electrons. The van der Waals surface area contributed by atoms with Crippen molar-refractivity contribution in [2.75, 3.05) is 24.5 Å². The molecule has 10 heteroatoms. The molecule has 7 nitrogen and oxygen atoms in total. The monoisotopic (exact) mass is 416 g/mol. The molecule has 0 atom stereocenters. The van der Waals surface area contributed by atoms with E-state index < -0.39 is 10.0 Å². The Morgan fingerprint density at radius 1 is 1.42 bits per heavy atom. The maximum atomic E-state index is 12.8. The van der Waals surface area contributed by atoms with E-state index in [9.17, 15) is 13.2 Å². The van der Waals surface area contributed by atoms with Gasteiger partial charge in [-0.3, -0.25) is 4.79 Å². The van der Waals surface area contributed by atoms with Gasteiger partial charge in [-0.2, -0.15) is 0 Å². The second kappa shape index (κ2) is 8.45. The molecular weight excluding hydrogens is 396 g/mol. The highest BCUT2D eigenvalue weighted by Gasteiger charge is 2.28. The van der Waals surface area contributed by atoms with Crippen LogP contribution in [0.4, 0.5) is 5.69 Å². The normalized spacial score (nSPS) is 13.4. The lowest BCUT2D eigenvalue weighted by molar-refractivity contribution is 0.0985. The number of nitrogens with zero attached hydrogens (tertiary/aromatic N) is 2. The van der Waals surface area contributed by atoms with Gasteiger partial charge in [-0.25, -0.2) is 18.1 Å². The Balaban J connectivity index is 0.00000243. The molecule has 0 saturated heterocycles. The fourth-order valence-electron chi connectivity index (χ4n) is 2.80. The van der Waals surface area contributed by atoms with Crippen molar-refractivity contribution in [3.8, 4) is 0 Å². The summed E-state index contributed by atoms with van der Waals surface area (Å²) in [6.07, 6.45) is 1.34. The maximum absolute atomic E-state index is 12.8. The highest BCUT2D eigenvalue weighted by molar-refractivity contribution is 7.89. The van der Waals surface area contributed by atoms with Gasteiger partial charge in [-0.05, 0) is 30.7 Å². The minimum absolute atomic E-state index is 0. The number of nitrogens with two attached hydrogens (primary N) is 1. The van der Waals surface area contributed by atoms with Crippen LogP contribution in [0.15, 0.2) is 28.5 Å². The molecule has 1 aromatic carbocycles. The van der Waals surface area contributed by atoms with Crippen molar-refractivity contribution in [1.82, 2.24) is 9.71 Å². The molecule has 3 rings (SSSR count). The Bertz CT molecular complexity index is 899. The first kappa shape index (κ1) is 20.8. The summed E-state index contributed by atoms with van der Waals surface area (Å²) in [5.41, 5.74) is 7.49. The van der Waals surface area contributed by atoms with E-state index in [1.807, 2.05) is 0 Å². The first-order valence-electron chi connectivity index (χ1n) is 8.05. The number of carbonyl (C=O) groups excluding carboxylic acids is 1. The fourth-order valence-corrected chi connectivity index (χ4v) is 4.64. The van der Waals surface area contributed by atoms with Crippen LogP contribution in [0.5, 0.6) is 0 Å². The van der Waals surface area contributed by atoms with Crippen molar-refractivity contribution in [3.05, 3.63) is 39.8 Å². The smallest absolute Gasteiger partial charge is 0.277 e. The van der Waals surface area contributed by atoms with Gasteiger partial charge < -0.3 is 10.6 Å². The van der Waals surface area contributed by atoms with Crippen LogP contribution in [-0.4, -0.2) is 38.9 Å². The number of halogens is 1. The van der Waals surface area contributed by atoms with E-state index in [0.29, 0.717) is 43.9 Å². The van der Waals surface area contributed by atoms with Crippen molar-refractivity contribution in [2.45, 2.75) is 24.7 Å². The van der Waals surface area contributed by atoms with Crippen LogP contribution in [0.1, 0.15) is 28.0 Å². The van der Waals surface area contributed by atoms with E-state index in [-0.39, 0.29) is 23.2 Å². The highest BCUT2D eigenvalue weighted by Crippen LogP contribution is 2.31. The standard InChI is InChI=1S/C16H20N4O3S2.ClH/c1-2-18-25(22,23)12-4-3-11-6-8-20(14(11)9-12)16(21)13-10-24-15(19-13)5-7-17;/h3-4,9-10,18H,2,5-8,17H2,1H3;1H. The maximum Gasteiger partial charge on any atom is 0.277 e. The average Bonchev–Trinajstić information content (AvgIpc) is 3.20. The molecule has 0 saturated carbocycles. The molecule has 1 aliphatic heterocycles. The molecule has 2 aromatic rings. The van der Waals surface area contributed by atoms with E-state index in [1.54, 1.807) is 35.4 Å². The van der Waals surface area contributed by atoms with Crippen LogP contribution in [0.25, 0.3) is 0 Å². The average molecular weight is 417 g/mol. The van der Waals surface area contributed by atoms with Crippen LogP contribution >= 0.6 is 23.7 Å². The minimum Gasteiger partial charge on any atom is -0.330 e. The predicted octanol–water partition coefficient (Wildman–Crippen LogP) is 1.57. The molecule has 0 aliphatic carbocycles. The number of nitrogens with one attached hydrogen (secondary N) is 1. The topological polar surface area (TPSA) is 105 Å². The van der Waals surface area contributed by atoms with Crippen molar-refractivity contribution in [1.29, 1.82) is 0 Å². The zero-order valence-corrected chi connectivity index (χ0v) is 16.7. The third-order valence-electron chi connectivity index (χ3n) is 3.97. The van der Waals surface area contributed by atoms with Crippen LogP contribution in [0.2, 0.25) is 0 Å². The van der Waals surface area contributed by atoms with Crippen LogP contribution in [-0.2, 0) is 22.9 Å². The second-order valence-electron chi connectivity index (χ2n) is 5.66. The number of aromatic nitrogens is 1. The van der Waals surface area contributed by atoms with Gasteiger partial charge in [-0.15, -0.1) is 23.7 Å². The lowest BCUT2D eigenvalue weighted by Crippen LogP contribution is -2.29. The Morgan fingerprint density at radius 2 is 2.19 bits per heavy atom. The molecule has 0 radical (unpaired) electrons. The number of carbonyl (C=O) groups is 1. The lowest BCUT2D eigenvalue weighted by Gasteiger charge is -2.17. The number of hydrogen-bond acceptors (Lipinski definition) is 6. The van der Waals surface area contributed by atoms with Gasteiger partial charge in [0, 0.05) is 30.6 Å². The number of sulfonamides is 1. The lowest BCUT2D eigenvalue weighted by atomic mass is 10.2. The van der Waals surface area contributed by atoms with Crippen molar-refractivity contribution >= 4 is 45.4 Å². The summed E-state index contributed by atoms with van der Waals surface area (Å²) in [6.45, 7) is 3.04. The molecule has 0 fully saturated rings. The zero-order valence-electron chi connectivity index (χ0n) is 14.3. The molecular formula is C16H21ClN4O3S2. The number of anilines is 1. The van der Waals surface area contributed by atoms with Crippen LogP contribution in [0, 0.1) is 0 Å². The van der Waals surface area contributed by atoms with Crippen molar-refractivity contribution in [3.63, 3.8) is 0 Å². The van der Waals surface area contributed by atoms with Gasteiger partial charge in [-0.1, -0.05) is 13.0 Å². The Hall–Kier alpha value is -1.52. The van der Waals surface area contributed by atoms with Crippen LogP contribution in [0.3, 0.4) is 0 Å². The summed E-state index contributed by atoms with van der Waals surface area (Å²) < 4.78 is 26.9. The molecule has 3 N–H and O–H groups in total. The highest BCUT2D eigenvalue weighted by atomic mass is 35.5. The number of rotatable bonds is 6. The summed E-state index contributed by atoms with van der Waals surface area (Å²) in [5, 5.41) is 2.55. The van der Waals surface area contributed by atoms with Gasteiger partial charge in [0.1, 0.15) is 5.69 Å². The third-order valence-corrected chi connectivity index (χ3v) is 6.42. The summed E-state index contributed by atoms with van der Waals surface area (Å²) in [5.74, 6) is -0.212. The zero-order chi connectivity index (χ0) is 18.0. The molecule has 1 aromatic heterocycles. The quantitative estimate of drug-likeness (QED) is 0.743. The van der Waals surface area contributed by atoms with Crippen LogP contribution < -0.4 is 15.4 Å². The SMILES string of the molecule is CCNS(=O)(=O)c1ccc2c(c1)N(C(=O)c1csc(CCN)n1)CC2.Cl. The second-order valence-corrected chi connectivity index (χ2v) is 8.37. The summed E-state index contributed by atoms with van der Waals surface area (Å²) in [4.78, 5) is 18.9. The van der Waals surface area contributed by atoms with Crippen molar-refractivity contribution < 1.29 is 13.2 Å². The van der Waals surface area contributed by atoms with Gasteiger partial charge in [0.15, 0.2) is 0 Å². The Kier molecular flexibility index (Phi) is 6.75. The molecule has 0 bridgehead atoms. The van der Waals surface area contributed by atoms with Crippen molar-refractivity contribution in [2.24, 2.45) is 5.73 Å². The Labute approximate surface area is 163 Å². The number of fused-ring (bicyclic) bond motifs is 1. The van der Waals surface area contributed by atoms with Gasteiger partial charge in [0.05, 0.1) is 9.90 Å². The van der Waals surface area contributed by atoms with E-state index in [2.05, 4.69) is 9.71 Å². The summed E-state index contributed by atoms with van der Waals surface area (Å²) in [7, 11) is -3.56. The minimum atomic E-state index is -3.56. The van der Waals surface area contributed by atoms with Gasteiger partial charge in [0.2, 0.25) is 10.0 Å². The third kappa shape index (κ3) is 4.07. The molecule has 0 spiro atoms. The molecule has 1 amide bonds. The number of amides is 1. The number of thiazole rings is 1. The number of hydrogen-bond donors (Lipinski definition) is 2. The van der Waals surface area contributed by atoms with Gasteiger partial charge in [0.25, 0.3) is 5.91 Å². The fraction of sp³-hybridized carbons (Fsp3) is 0.375. The molecule has 26 heavy (non-hydrogen) atoms. The summed E-state index contributed by atoms with van der Waals surface area (Å²) in [6, 6.07) is 4.91. The van der Waals surface area contributed by atoms with Gasteiger partial charge >= 0.3 is 0 Å². The van der Waals surface area contributed by atoms with E-state index in [1.165, 1.54) is 11.3 Å². The predicted molar refractivity (Wildman–Crippen MR) is 105 cm³/mol. The van der Waals surface area contributed by atoms with E-state index in [0.717, 1.165) is 10.6 Å². The largest absolute Gasteiger partial charge is 0.330 e. The first-order valence-corrected chi connectivity index (χ1v) is 10.4. The first-order chi connectivity index (χ1) is 12.0. The molecule has 1 aliphatic rings. The van der Waals surface area contributed by atoms with E-state index >= 15 is 0 Å². The molecule has 2 heterocycles.